The summed E-state index contributed by atoms with van der Waals surface area (Å²) in [4.78, 5) is 8.52. The van der Waals surface area contributed by atoms with Crippen molar-refractivity contribution in [3.8, 4) is 0 Å². The summed E-state index contributed by atoms with van der Waals surface area (Å²) < 4.78 is 0. The van der Waals surface area contributed by atoms with E-state index in [1.54, 1.807) is 11.3 Å². The summed E-state index contributed by atoms with van der Waals surface area (Å²) in [6, 6.07) is 0. The van der Waals surface area contributed by atoms with Gasteiger partial charge in [0.2, 0.25) is 0 Å². The molecule has 0 N–H and O–H groups in total. The van der Waals surface area contributed by atoms with E-state index in [1.807, 2.05) is 38.0 Å². The zero-order valence-electron chi connectivity index (χ0n) is 11.4. The summed E-state index contributed by atoms with van der Waals surface area (Å²) in [5.41, 5.74) is 0. The molecule has 0 amide bonds. The fraction of sp³-hybridized carbons (Fsp3) is 0.727. The van der Waals surface area contributed by atoms with Crippen molar-refractivity contribution < 1.29 is 0 Å². The zero-order valence-corrected chi connectivity index (χ0v) is 12.2. The molecule has 0 radical (unpaired) electrons. The predicted molar refractivity (Wildman–Crippen MR) is 72.5 cm³/mol. The van der Waals surface area contributed by atoms with Gasteiger partial charge in [0.05, 0.1) is 6.54 Å². The van der Waals surface area contributed by atoms with Gasteiger partial charge in [-0.05, 0) is 0 Å². The van der Waals surface area contributed by atoms with Crippen molar-refractivity contribution >= 4 is 17.3 Å². The first kappa shape index (κ1) is 13.9. The number of guanidine groups is 1. The van der Waals surface area contributed by atoms with Crippen molar-refractivity contribution in [1.82, 2.24) is 20.0 Å². The molecule has 1 aromatic rings. The van der Waals surface area contributed by atoms with Crippen LogP contribution in [0.15, 0.2) is 4.99 Å². The monoisotopic (exact) mass is 255 g/mol. The molecule has 0 atom stereocenters. The van der Waals surface area contributed by atoms with Crippen LogP contribution in [-0.4, -0.2) is 54.1 Å². The highest BCUT2D eigenvalue weighted by atomic mass is 32.1. The maximum Gasteiger partial charge on any atom is 0.195 e. The van der Waals surface area contributed by atoms with E-state index in [1.165, 1.54) is 0 Å². The summed E-state index contributed by atoms with van der Waals surface area (Å²) in [6.07, 6.45) is 0. The normalized spacial score (nSPS) is 10.5. The molecule has 0 aliphatic carbocycles. The first-order valence-corrected chi connectivity index (χ1v) is 6.44. The Morgan fingerprint density at radius 3 is 2.18 bits per heavy atom. The molecule has 0 aromatic carbocycles. The zero-order chi connectivity index (χ0) is 13.0. The summed E-state index contributed by atoms with van der Waals surface area (Å²) in [5, 5.41) is 10.4. The first-order valence-electron chi connectivity index (χ1n) is 5.63. The Labute approximate surface area is 107 Å². The van der Waals surface area contributed by atoms with Crippen LogP contribution in [0, 0.1) is 0 Å². The molecule has 6 heteroatoms. The third kappa shape index (κ3) is 3.96. The molecule has 0 spiro atoms. The Morgan fingerprint density at radius 1 is 1.18 bits per heavy atom. The number of hydrogen-bond acceptors (Lipinski definition) is 4. The van der Waals surface area contributed by atoms with E-state index in [4.69, 9.17) is 0 Å². The molecule has 17 heavy (non-hydrogen) atoms. The SMILES string of the molecule is CC(C)c1nnc(CN=C(N(C)C)N(C)C)s1. The lowest BCUT2D eigenvalue weighted by Crippen LogP contribution is -2.35. The van der Waals surface area contributed by atoms with Gasteiger partial charge >= 0.3 is 0 Å². The molecule has 0 bridgehead atoms. The van der Waals surface area contributed by atoms with E-state index < -0.39 is 0 Å². The second kappa shape index (κ2) is 5.95. The average Bonchev–Trinajstić information content (AvgIpc) is 2.65. The summed E-state index contributed by atoms with van der Waals surface area (Å²) in [6.45, 7) is 4.84. The Morgan fingerprint density at radius 2 is 1.76 bits per heavy atom. The van der Waals surface area contributed by atoms with E-state index in [-0.39, 0.29) is 0 Å². The van der Waals surface area contributed by atoms with E-state index in [9.17, 15) is 0 Å². The highest BCUT2D eigenvalue weighted by Gasteiger charge is 2.08. The van der Waals surface area contributed by atoms with Crippen LogP contribution in [0.1, 0.15) is 29.8 Å². The van der Waals surface area contributed by atoms with Gasteiger partial charge in [-0.3, -0.25) is 0 Å². The van der Waals surface area contributed by atoms with Crippen molar-refractivity contribution in [2.75, 3.05) is 28.2 Å². The number of nitrogens with zero attached hydrogens (tertiary/aromatic N) is 5. The molecule has 0 unspecified atom stereocenters. The molecule has 1 rings (SSSR count). The molecule has 0 saturated heterocycles. The van der Waals surface area contributed by atoms with Crippen molar-refractivity contribution in [3.05, 3.63) is 10.0 Å². The van der Waals surface area contributed by atoms with Crippen LogP contribution in [0.2, 0.25) is 0 Å². The van der Waals surface area contributed by atoms with Crippen LogP contribution < -0.4 is 0 Å². The Bertz CT molecular complexity index is 371. The van der Waals surface area contributed by atoms with Crippen molar-refractivity contribution in [2.24, 2.45) is 4.99 Å². The average molecular weight is 255 g/mol. The fourth-order valence-electron chi connectivity index (χ4n) is 1.38. The van der Waals surface area contributed by atoms with E-state index in [0.717, 1.165) is 16.0 Å². The lowest BCUT2D eigenvalue weighted by molar-refractivity contribution is 0.479. The first-order chi connectivity index (χ1) is 7.91. The van der Waals surface area contributed by atoms with Gasteiger partial charge in [0, 0.05) is 34.1 Å². The largest absolute Gasteiger partial charge is 0.349 e. The lowest BCUT2D eigenvalue weighted by Gasteiger charge is -2.22. The van der Waals surface area contributed by atoms with Gasteiger partial charge in [-0.25, -0.2) is 4.99 Å². The summed E-state index contributed by atoms with van der Waals surface area (Å²) in [5.74, 6) is 1.37. The van der Waals surface area contributed by atoms with Gasteiger partial charge in [-0.1, -0.05) is 25.2 Å². The quantitative estimate of drug-likeness (QED) is 0.608. The summed E-state index contributed by atoms with van der Waals surface area (Å²) in [7, 11) is 7.94. The van der Waals surface area contributed by atoms with Gasteiger partial charge in [0.1, 0.15) is 10.0 Å². The van der Waals surface area contributed by atoms with Crippen LogP contribution >= 0.6 is 11.3 Å². The maximum absolute atomic E-state index is 4.54. The smallest absolute Gasteiger partial charge is 0.195 e. The van der Waals surface area contributed by atoms with Crippen LogP contribution in [-0.2, 0) is 6.54 Å². The second-order valence-electron chi connectivity index (χ2n) is 4.59. The minimum absolute atomic E-state index is 0.437. The molecular weight excluding hydrogens is 234 g/mol. The van der Waals surface area contributed by atoms with Crippen LogP contribution in [0.3, 0.4) is 0 Å². The number of rotatable bonds is 3. The molecule has 96 valence electrons. The molecule has 1 aromatic heterocycles. The predicted octanol–water partition coefficient (Wildman–Crippen LogP) is 1.64. The molecule has 5 nitrogen and oxygen atoms in total. The highest BCUT2D eigenvalue weighted by molar-refractivity contribution is 7.11. The molecule has 0 aliphatic rings. The Kier molecular flexibility index (Phi) is 4.86. The third-order valence-corrected chi connectivity index (χ3v) is 3.34. The topological polar surface area (TPSA) is 44.6 Å². The van der Waals surface area contributed by atoms with E-state index in [0.29, 0.717) is 12.5 Å². The van der Waals surface area contributed by atoms with E-state index >= 15 is 0 Å². The summed E-state index contributed by atoms with van der Waals surface area (Å²) >= 11 is 1.64. The van der Waals surface area contributed by atoms with Crippen LogP contribution in [0.4, 0.5) is 0 Å². The standard InChI is InChI=1S/C11H21N5S/c1-8(2)10-14-13-9(17-10)7-12-11(15(3)4)16(5)6/h8H,7H2,1-6H3. The van der Waals surface area contributed by atoms with Gasteiger partial charge in [-0.15, -0.1) is 10.2 Å². The number of hydrogen-bond donors (Lipinski definition) is 0. The maximum atomic E-state index is 4.54. The Hall–Kier alpha value is -1.17. The number of aliphatic imine (C=N–C) groups is 1. The molecule has 0 aliphatic heterocycles. The number of aromatic nitrogens is 2. The minimum atomic E-state index is 0.437. The second-order valence-corrected chi connectivity index (χ2v) is 5.69. The highest BCUT2D eigenvalue weighted by Crippen LogP contribution is 2.19. The molecule has 0 saturated carbocycles. The molecular formula is C11H21N5S. The van der Waals surface area contributed by atoms with Gasteiger partial charge in [-0.2, -0.15) is 0 Å². The lowest BCUT2D eigenvalue weighted by atomic mass is 10.2. The van der Waals surface area contributed by atoms with E-state index in [2.05, 4.69) is 29.0 Å². The minimum Gasteiger partial charge on any atom is -0.349 e. The fourth-order valence-corrected chi connectivity index (χ4v) is 2.15. The molecule has 1 heterocycles. The molecule has 0 fully saturated rings. The van der Waals surface area contributed by atoms with Crippen LogP contribution in [0.25, 0.3) is 0 Å². The van der Waals surface area contributed by atoms with Gasteiger partial charge in [0.15, 0.2) is 5.96 Å². The van der Waals surface area contributed by atoms with Crippen molar-refractivity contribution in [3.63, 3.8) is 0 Å². The van der Waals surface area contributed by atoms with Gasteiger partial charge < -0.3 is 9.80 Å². The third-order valence-electron chi connectivity index (χ3n) is 2.13. The Balaban J connectivity index is 2.73. The van der Waals surface area contributed by atoms with Crippen molar-refractivity contribution in [2.45, 2.75) is 26.3 Å². The van der Waals surface area contributed by atoms with Gasteiger partial charge in [0.25, 0.3) is 0 Å². The van der Waals surface area contributed by atoms with Crippen LogP contribution in [0.5, 0.6) is 0 Å². The van der Waals surface area contributed by atoms with Crippen molar-refractivity contribution in [1.29, 1.82) is 0 Å².